The van der Waals surface area contributed by atoms with E-state index in [9.17, 15) is 4.79 Å². The maximum Gasteiger partial charge on any atom is 0.367 e. The van der Waals surface area contributed by atoms with Gasteiger partial charge in [0.25, 0.3) is 0 Å². The lowest BCUT2D eigenvalue weighted by molar-refractivity contribution is 0.0600. The lowest BCUT2D eigenvalue weighted by Crippen LogP contribution is -2.22. The minimum Gasteiger partial charge on any atom is -0.464 e. The van der Waals surface area contributed by atoms with E-state index in [1.807, 2.05) is 0 Å². The summed E-state index contributed by atoms with van der Waals surface area (Å²) in [6.07, 6.45) is 6.14. The molecule has 0 radical (unpaired) electrons. The molecule has 5 heteroatoms. The molecule has 2 heterocycles. The van der Waals surface area contributed by atoms with Crippen molar-refractivity contribution in [1.82, 2.24) is 9.97 Å². The highest BCUT2D eigenvalue weighted by molar-refractivity contribution is 7.19. The zero-order chi connectivity index (χ0) is 14.6. The molecule has 0 amide bonds. The lowest BCUT2D eigenvalue weighted by Gasteiger charge is -2.28. The number of nitrogens with zero attached hydrogens (tertiary/aromatic N) is 2. The molecule has 0 unspecified atom stereocenters. The average Bonchev–Trinajstić information content (AvgIpc) is 3.11. The third kappa shape index (κ3) is 2.14. The Bertz CT molecular complexity index is 733. The molecule has 0 aromatic carbocycles. The molecule has 0 saturated heterocycles. The minimum atomic E-state index is -0.376. The van der Waals surface area contributed by atoms with Crippen molar-refractivity contribution in [2.75, 3.05) is 7.11 Å². The van der Waals surface area contributed by atoms with Crippen LogP contribution in [0, 0.1) is 11.3 Å². The van der Waals surface area contributed by atoms with Crippen LogP contribution in [0.5, 0.6) is 0 Å². The molecule has 0 spiro atoms. The quantitative estimate of drug-likeness (QED) is 0.798. The van der Waals surface area contributed by atoms with Crippen LogP contribution in [-0.2, 0) is 17.6 Å². The Balaban J connectivity index is 1.71. The van der Waals surface area contributed by atoms with Crippen LogP contribution in [0.2, 0.25) is 0 Å². The van der Waals surface area contributed by atoms with Gasteiger partial charge in [0, 0.05) is 5.69 Å². The van der Waals surface area contributed by atoms with Gasteiger partial charge in [-0.15, -0.1) is 0 Å². The summed E-state index contributed by atoms with van der Waals surface area (Å²) in [7, 11) is 1.38. The van der Waals surface area contributed by atoms with Crippen LogP contribution in [0.3, 0.4) is 0 Å². The number of carbonyl (C=O) groups excluding carboxylic acids is 1. The number of ether oxygens (including phenoxy) is 1. The topological polar surface area (TPSA) is 52.1 Å². The predicted octanol–water partition coefficient (Wildman–Crippen LogP) is 3.38. The first-order valence-electron chi connectivity index (χ1n) is 7.47. The van der Waals surface area contributed by atoms with Crippen molar-refractivity contribution in [2.45, 2.75) is 39.0 Å². The molecule has 4 nitrogen and oxygen atoms in total. The molecule has 110 valence electrons. The van der Waals surface area contributed by atoms with Crippen LogP contribution in [0.4, 0.5) is 0 Å². The van der Waals surface area contributed by atoms with Gasteiger partial charge < -0.3 is 4.74 Å². The van der Waals surface area contributed by atoms with E-state index in [2.05, 4.69) is 18.0 Å². The van der Waals surface area contributed by atoms with Crippen LogP contribution < -0.4 is 0 Å². The number of rotatable bonds is 2. The first-order chi connectivity index (χ1) is 10.1. The smallest absolute Gasteiger partial charge is 0.367 e. The minimum absolute atomic E-state index is 0.376. The van der Waals surface area contributed by atoms with Crippen molar-refractivity contribution in [3.05, 3.63) is 22.3 Å². The third-order valence-electron chi connectivity index (χ3n) is 5.13. The highest BCUT2D eigenvalue weighted by atomic mass is 32.1. The second-order valence-corrected chi connectivity index (χ2v) is 7.50. The summed E-state index contributed by atoms with van der Waals surface area (Å²) in [5.41, 5.74) is 3.92. The van der Waals surface area contributed by atoms with Gasteiger partial charge in [0.15, 0.2) is 0 Å². The fourth-order valence-electron chi connectivity index (χ4n) is 3.39. The monoisotopic (exact) mass is 302 g/mol. The number of pyridine rings is 1. The molecule has 21 heavy (non-hydrogen) atoms. The van der Waals surface area contributed by atoms with E-state index in [0.29, 0.717) is 10.4 Å². The number of hydrogen-bond donors (Lipinski definition) is 0. The Morgan fingerprint density at radius 2 is 2.24 bits per heavy atom. The van der Waals surface area contributed by atoms with Gasteiger partial charge in [0.05, 0.1) is 7.11 Å². The summed E-state index contributed by atoms with van der Waals surface area (Å²) in [4.78, 5) is 21.6. The van der Waals surface area contributed by atoms with Gasteiger partial charge in [0.1, 0.15) is 10.3 Å². The van der Waals surface area contributed by atoms with Crippen LogP contribution >= 0.6 is 11.3 Å². The molecule has 2 aromatic rings. The van der Waals surface area contributed by atoms with Crippen LogP contribution in [0.25, 0.3) is 10.3 Å². The van der Waals surface area contributed by atoms with Gasteiger partial charge >= 0.3 is 5.97 Å². The van der Waals surface area contributed by atoms with Crippen molar-refractivity contribution in [2.24, 2.45) is 11.3 Å². The predicted molar refractivity (Wildman–Crippen MR) is 81.6 cm³/mol. The van der Waals surface area contributed by atoms with Gasteiger partial charge in [-0.25, -0.2) is 14.8 Å². The largest absolute Gasteiger partial charge is 0.464 e. The Kier molecular flexibility index (Phi) is 2.83. The number of fused-ring (bicyclic) bond motifs is 2. The van der Waals surface area contributed by atoms with Crippen LogP contribution in [0.15, 0.2) is 6.07 Å². The summed E-state index contributed by atoms with van der Waals surface area (Å²) in [6.45, 7) is 2.41. The van der Waals surface area contributed by atoms with Crippen molar-refractivity contribution < 1.29 is 9.53 Å². The molecule has 2 aliphatic rings. The van der Waals surface area contributed by atoms with E-state index >= 15 is 0 Å². The van der Waals surface area contributed by atoms with Crippen molar-refractivity contribution in [3.63, 3.8) is 0 Å². The highest BCUT2D eigenvalue weighted by Crippen LogP contribution is 2.55. The summed E-state index contributed by atoms with van der Waals surface area (Å²) in [5, 5.41) is 0.396. The molecule has 1 saturated carbocycles. The molecular weight excluding hydrogens is 284 g/mol. The number of carbonyl (C=O) groups is 1. The molecule has 0 N–H and O–H groups in total. The Hall–Kier alpha value is -1.49. The van der Waals surface area contributed by atoms with Gasteiger partial charge in [-0.05, 0) is 55.1 Å². The highest BCUT2D eigenvalue weighted by Gasteiger charge is 2.45. The first kappa shape index (κ1) is 13.2. The molecule has 1 fully saturated rings. The molecule has 4 rings (SSSR count). The van der Waals surface area contributed by atoms with Crippen LogP contribution in [0.1, 0.15) is 47.2 Å². The Morgan fingerprint density at radius 1 is 1.43 bits per heavy atom. The van der Waals surface area contributed by atoms with Crippen LogP contribution in [-0.4, -0.2) is 23.0 Å². The van der Waals surface area contributed by atoms with Gasteiger partial charge in [-0.2, -0.15) is 0 Å². The number of hydrogen-bond acceptors (Lipinski definition) is 5. The van der Waals surface area contributed by atoms with E-state index in [4.69, 9.17) is 9.72 Å². The van der Waals surface area contributed by atoms with Crippen molar-refractivity contribution in [1.29, 1.82) is 0 Å². The van der Waals surface area contributed by atoms with Crippen molar-refractivity contribution >= 4 is 27.7 Å². The number of aromatic nitrogens is 2. The maximum atomic E-state index is 11.6. The number of methoxy groups -OCH3 is 1. The Labute approximate surface area is 127 Å². The van der Waals surface area contributed by atoms with Gasteiger partial charge in [-0.3, -0.25) is 0 Å². The number of esters is 1. The summed E-state index contributed by atoms with van der Waals surface area (Å²) < 4.78 is 4.74. The zero-order valence-electron chi connectivity index (χ0n) is 12.3. The average molecular weight is 302 g/mol. The molecule has 1 atom stereocenters. The molecule has 0 bridgehead atoms. The molecular formula is C16H18N2O2S. The SMILES string of the molecule is COC(=O)c1nc2cc3c(nc2s1)CC[C@H](C1(C)CC1)C3. The van der Waals surface area contributed by atoms with E-state index in [1.54, 1.807) is 0 Å². The Morgan fingerprint density at radius 3 is 2.95 bits per heavy atom. The molecule has 0 aliphatic heterocycles. The number of aryl methyl sites for hydroxylation is 1. The normalized spacial score (nSPS) is 22.9. The lowest BCUT2D eigenvalue weighted by atomic mass is 9.77. The maximum absolute atomic E-state index is 11.6. The van der Waals surface area contributed by atoms with E-state index in [1.165, 1.54) is 49.0 Å². The second kappa shape index (κ2) is 4.50. The zero-order valence-corrected chi connectivity index (χ0v) is 13.1. The van der Waals surface area contributed by atoms with Gasteiger partial charge in [0.2, 0.25) is 5.01 Å². The standard InChI is InChI=1S/C16H18N2O2S/c1-16(5-6-16)10-3-4-11-9(7-10)8-12-13(17-11)21-14(18-12)15(19)20-2/h8,10H,3-7H2,1-2H3/t10-/m0/s1. The fraction of sp³-hybridized carbons (Fsp3) is 0.562. The fourth-order valence-corrected chi connectivity index (χ4v) is 4.25. The van der Waals surface area contributed by atoms with Crippen molar-refractivity contribution in [3.8, 4) is 0 Å². The summed E-state index contributed by atoms with van der Waals surface area (Å²) >= 11 is 1.32. The van der Waals surface area contributed by atoms with E-state index < -0.39 is 0 Å². The summed E-state index contributed by atoms with van der Waals surface area (Å²) in [6, 6.07) is 2.14. The van der Waals surface area contributed by atoms with Gasteiger partial charge in [-0.1, -0.05) is 18.3 Å². The second-order valence-electron chi connectivity index (χ2n) is 6.52. The molecule has 2 aliphatic carbocycles. The number of thiazole rings is 1. The van der Waals surface area contributed by atoms with E-state index in [0.717, 1.165) is 29.1 Å². The molecule has 2 aromatic heterocycles. The third-order valence-corrected chi connectivity index (χ3v) is 6.08. The first-order valence-corrected chi connectivity index (χ1v) is 8.28. The van der Waals surface area contributed by atoms with E-state index in [-0.39, 0.29) is 5.97 Å². The summed E-state index contributed by atoms with van der Waals surface area (Å²) in [5.74, 6) is 0.405.